The van der Waals surface area contributed by atoms with E-state index in [1.807, 2.05) is 49.4 Å². The van der Waals surface area contributed by atoms with E-state index in [0.717, 1.165) is 27.5 Å². The molecule has 0 aliphatic heterocycles. The van der Waals surface area contributed by atoms with Gasteiger partial charge in [0, 0.05) is 40.8 Å². The number of hydrogen-bond acceptors (Lipinski definition) is 1. The highest BCUT2D eigenvalue weighted by atomic mass is 16.3. The van der Waals surface area contributed by atoms with E-state index in [0.29, 0.717) is 33.8 Å². The van der Waals surface area contributed by atoms with Gasteiger partial charge in [0.1, 0.15) is 18.2 Å². The Labute approximate surface area is 203 Å². The van der Waals surface area contributed by atoms with Crippen LogP contribution in [0.3, 0.4) is 0 Å². The second-order valence-corrected chi connectivity index (χ2v) is 8.33. The van der Waals surface area contributed by atoms with Crippen molar-refractivity contribution in [1.29, 1.82) is 0 Å². The fourth-order valence-corrected chi connectivity index (χ4v) is 4.30. The Bertz CT molecular complexity index is 1830. The lowest BCUT2D eigenvalue weighted by Crippen LogP contribution is -2.35. The van der Waals surface area contributed by atoms with Gasteiger partial charge in [0.05, 0.1) is 14.9 Å². The molecule has 3 heteroatoms. The maximum atomic E-state index is 9.15. The molecule has 2 aromatic heterocycles. The van der Waals surface area contributed by atoms with E-state index in [2.05, 4.69) is 4.85 Å². The monoisotopic (exact) mass is 437 g/mol. The van der Waals surface area contributed by atoms with E-state index < -0.39 is 12.7 Å². The molecular weight excluding hydrogens is 404 g/mol. The fourth-order valence-electron chi connectivity index (χ4n) is 4.30. The van der Waals surface area contributed by atoms with Crippen LogP contribution in [0.5, 0.6) is 0 Å². The van der Waals surface area contributed by atoms with Crippen molar-refractivity contribution in [2.75, 3.05) is 0 Å². The Hall–Kier alpha value is -3.90. The van der Waals surface area contributed by atoms with Crippen LogP contribution >= 0.6 is 0 Å². The van der Waals surface area contributed by atoms with Gasteiger partial charge in [-0.3, -0.25) is 0 Å². The molecule has 0 saturated heterocycles. The molecular formula is C30H27N2O+. The summed E-state index contributed by atoms with van der Waals surface area (Å²) in [6.45, 7) is 9.73. The van der Waals surface area contributed by atoms with Crippen LogP contribution in [-0.4, -0.2) is 0 Å². The van der Waals surface area contributed by atoms with Crippen LogP contribution in [0.25, 0.3) is 49.2 Å². The number of furan rings is 1. The summed E-state index contributed by atoms with van der Waals surface area (Å²) in [5.41, 5.74) is 5.28. The van der Waals surface area contributed by atoms with Crippen molar-refractivity contribution < 1.29 is 17.2 Å². The molecule has 3 aromatic carbocycles. The van der Waals surface area contributed by atoms with Gasteiger partial charge in [-0.05, 0) is 41.6 Å². The Morgan fingerprint density at radius 2 is 1.85 bits per heavy atom. The van der Waals surface area contributed by atoms with Crippen molar-refractivity contribution in [2.45, 2.75) is 33.5 Å². The number of benzene rings is 3. The average Bonchev–Trinajstić information content (AvgIpc) is 3.26. The molecule has 3 nitrogen and oxygen atoms in total. The number of aryl methyl sites for hydroxylation is 1. The molecule has 33 heavy (non-hydrogen) atoms. The summed E-state index contributed by atoms with van der Waals surface area (Å²) in [5, 5.41) is 1.51. The second-order valence-electron chi connectivity index (χ2n) is 8.33. The first-order valence-electron chi connectivity index (χ1n) is 13.7. The summed E-state index contributed by atoms with van der Waals surface area (Å²) in [5.74, 6) is -2.17. The zero-order chi connectivity index (χ0) is 28.4. The van der Waals surface area contributed by atoms with Gasteiger partial charge in [-0.1, -0.05) is 56.2 Å². The van der Waals surface area contributed by atoms with Crippen LogP contribution in [0.2, 0.25) is 0 Å². The molecule has 0 aliphatic carbocycles. The molecule has 1 unspecified atom stereocenters. The summed E-state index contributed by atoms with van der Waals surface area (Å²) in [7, 11) is 1.73. The molecule has 0 amide bonds. The molecule has 0 bridgehead atoms. The van der Waals surface area contributed by atoms with Gasteiger partial charge in [0.25, 0.3) is 0 Å². The third-order valence-electron chi connectivity index (χ3n) is 6.15. The van der Waals surface area contributed by atoms with Crippen molar-refractivity contribution in [3.8, 4) is 22.4 Å². The molecule has 0 aliphatic rings. The van der Waals surface area contributed by atoms with Gasteiger partial charge in [0.15, 0.2) is 11.4 Å². The number of aromatic nitrogens is 1. The highest BCUT2D eigenvalue weighted by Gasteiger charge is 2.24. The highest BCUT2D eigenvalue weighted by molar-refractivity contribution is 6.14. The molecule has 162 valence electrons. The third-order valence-corrected chi connectivity index (χ3v) is 6.15. The van der Waals surface area contributed by atoms with Crippen LogP contribution < -0.4 is 4.57 Å². The number of fused-ring (bicyclic) bond motifs is 3. The lowest BCUT2D eigenvalue weighted by molar-refractivity contribution is -0.666. The quantitative estimate of drug-likeness (QED) is 0.207. The Balaban J connectivity index is 1.94. The normalized spacial score (nSPS) is 16.2. The van der Waals surface area contributed by atoms with Crippen molar-refractivity contribution in [2.24, 2.45) is 7.05 Å². The zero-order valence-corrected chi connectivity index (χ0v) is 19.0. The lowest BCUT2D eigenvalue weighted by Gasteiger charge is -2.11. The number of rotatable bonds is 3. The lowest BCUT2D eigenvalue weighted by atomic mass is 9.95. The third kappa shape index (κ3) is 3.39. The van der Waals surface area contributed by atoms with Gasteiger partial charge in [0.2, 0.25) is 5.69 Å². The van der Waals surface area contributed by atoms with Crippen LogP contribution in [-0.2, 0) is 7.05 Å². The molecule has 0 spiro atoms. The standard InChI is InChI=1S/C30H27N2O/c1-18(2)22-14-20(4)32(6)27(15-22)28-19(3)12-13-24-26-17-23(31-5)16-25(29(26)33-30(24)28)21-10-8-7-9-11-21/h7-18H,1-4,6H3/q+1/i1D3,14D,15D,18D. The summed E-state index contributed by atoms with van der Waals surface area (Å²) < 4.78 is 58.8. The van der Waals surface area contributed by atoms with E-state index >= 15 is 0 Å². The average molecular weight is 438 g/mol. The predicted octanol–water partition coefficient (Wildman–Crippen LogP) is 8.04. The molecule has 0 radical (unpaired) electrons. The van der Waals surface area contributed by atoms with Gasteiger partial charge in [-0.25, -0.2) is 4.85 Å². The molecule has 0 saturated carbocycles. The number of hydrogen-bond donors (Lipinski definition) is 0. The summed E-state index contributed by atoms with van der Waals surface area (Å²) in [4.78, 5) is 3.68. The van der Waals surface area contributed by atoms with Crippen molar-refractivity contribution in [3.05, 3.63) is 94.9 Å². The van der Waals surface area contributed by atoms with Crippen LogP contribution in [0.1, 0.15) is 44.7 Å². The minimum Gasteiger partial charge on any atom is -0.455 e. The first-order chi connectivity index (χ1) is 18.3. The summed E-state index contributed by atoms with van der Waals surface area (Å²) in [6.07, 6.45) is 0. The van der Waals surface area contributed by atoms with Gasteiger partial charge in [-0.2, -0.15) is 4.57 Å². The Morgan fingerprint density at radius 1 is 1.06 bits per heavy atom. The maximum absolute atomic E-state index is 9.15. The Kier molecular flexibility index (Phi) is 3.60. The molecule has 5 aromatic rings. The first-order valence-corrected chi connectivity index (χ1v) is 10.7. The second kappa shape index (κ2) is 7.90. The van der Waals surface area contributed by atoms with Crippen LogP contribution in [0.15, 0.2) is 71.1 Å². The van der Waals surface area contributed by atoms with Crippen molar-refractivity contribution in [1.82, 2.24) is 0 Å². The zero-order valence-electron chi connectivity index (χ0n) is 25.0. The molecule has 0 fully saturated rings. The van der Waals surface area contributed by atoms with Crippen molar-refractivity contribution >= 4 is 27.6 Å². The Morgan fingerprint density at radius 3 is 2.58 bits per heavy atom. The molecule has 5 rings (SSSR count). The van der Waals surface area contributed by atoms with Crippen molar-refractivity contribution in [3.63, 3.8) is 0 Å². The first kappa shape index (κ1) is 15.0. The summed E-state index contributed by atoms with van der Waals surface area (Å²) in [6, 6.07) is 16.8. The van der Waals surface area contributed by atoms with E-state index in [1.54, 1.807) is 30.7 Å². The van der Waals surface area contributed by atoms with E-state index in [9.17, 15) is 0 Å². The smallest absolute Gasteiger partial charge is 0.216 e. The highest BCUT2D eigenvalue weighted by Crippen LogP contribution is 2.42. The molecule has 2 heterocycles. The van der Waals surface area contributed by atoms with E-state index in [1.165, 1.54) is 6.92 Å². The van der Waals surface area contributed by atoms with Gasteiger partial charge < -0.3 is 4.42 Å². The molecule has 0 N–H and O–H groups in total. The maximum Gasteiger partial charge on any atom is 0.216 e. The van der Waals surface area contributed by atoms with Gasteiger partial charge in [-0.15, -0.1) is 0 Å². The topological polar surface area (TPSA) is 21.4 Å². The van der Waals surface area contributed by atoms with Crippen LogP contribution in [0, 0.1) is 20.4 Å². The molecule has 1 atom stereocenters. The number of nitrogens with zero attached hydrogens (tertiary/aromatic N) is 2. The SMILES string of the molecule is [2H]c1c(C([2H])(C)C([2H])([2H])[2H])c([2H])c(-c2c(C)ccc3c2oc2c(-c4ccccc4)cc([N+]#[C-])cc23)[n+](C)c1C. The van der Waals surface area contributed by atoms with E-state index in [-0.39, 0.29) is 17.6 Å². The predicted molar refractivity (Wildman–Crippen MR) is 136 cm³/mol. The van der Waals surface area contributed by atoms with Gasteiger partial charge >= 0.3 is 0 Å². The summed E-state index contributed by atoms with van der Waals surface area (Å²) >= 11 is 0. The number of pyridine rings is 1. The van der Waals surface area contributed by atoms with Crippen LogP contribution in [0.4, 0.5) is 5.69 Å². The fraction of sp³-hybridized carbons (Fsp3) is 0.200. The largest absolute Gasteiger partial charge is 0.455 e. The van der Waals surface area contributed by atoms with E-state index in [4.69, 9.17) is 19.2 Å². The minimum absolute atomic E-state index is 0.137. The minimum atomic E-state index is -2.75.